The number of carbonyl (C=O) groups excluding carboxylic acids is 2. The Hall–Kier alpha value is -3.39. The van der Waals surface area contributed by atoms with Crippen LogP contribution in [0.1, 0.15) is 74.5 Å². The zero-order valence-electron chi connectivity index (χ0n) is 24.9. The van der Waals surface area contributed by atoms with Crippen LogP contribution in [0.25, 0.3) is 11.0 Å². The molecule has 2 saturated heterocycles. The first kappa shape index (κ1) is 28.7. The summed E-state index contributed by atoms with van der Waals surface area (Å²) in [5.74, 6) is 1.89. The molecular formula is C34H44N4O4. The number of nitrogens with zero attached hydrogens (tertiary/aromatic N) is 4. The summed E-state index contributed by atoms with van der Waals surface area (Å²) in [6, 6.07) is 16.0. The van der Waals surface area contributed by atoms with Crippen LogP contribution < -0.4 is 4.74 Å². The average molecular weight is 573 g/mol. The van der Waals surface area contributed by atoms with Crippen LogP contribution in [0.4, 0.5) is 0 Å². The fourth-order valence-corrected chi connectivity index (χ4v) is 7.10. The van der Waals surface area contributed by atoms with E-state index in [0.29, 0.717) is 37.4 Å². The number of fused-ring (bicyclic) bond motifs is 3. The van der Waals surface area contributed by atoms with Crippen LogP contribution in [0.3, 0.4) is 0 Å². The van der Waals surface area contributed by atoms with Crippen molar-refractivity contribution in [2.75, 3.05) is 39.5 Å². The minimum Gasteiger partial charge on any atom is -0.492 e. The number of imidazole rings is 1. The highest BCUT2D eigenvalue weighted by Crippen LogP contribution is 2.38. The molecule has 2 aromatic carbocycles. The lowest BCUT2D eigenvalue weighted by molar-refractivity contribution is -0.134. The molecule has 8 heteroatoms. The van der Waals surface area contributed by atoms with Gasteiger partial charge < -0.3 is 23.8 Å². The molecule has 0 unspecified atom stereocenters. The first-order valence-corrected chi connectivity index (χ1v) is 15.9. The van der Waals surface area contributed by atoms with Crippen molar-refractivity contribution in [2.45, 2.75) is 77.3 Å². The summed E-state index contributed by atoms with van der Waals surface area (Å²) >= 11 is 0. The van der Waals surface area contributed by atoms with Crippen molar-refractivity contribution < 1.29 is 19.1 Å². The van der Waals surface area contributed by atoms with Crippen LogP contribution in [-0.4, -0.2) is 76.7 Å². The lowest BCUT2D eigenvalue weighted by atomic mass is 9.75. The third-order valence-corrected chi connectivity index (χ3v) is 9.63. The Balaban J connectivity index is 1.11. The first-order valence-electron chi connectivity index (χ1n) is 15.9. The topological polar surface area (TPSA) is 76.9 Å². The second-order valence-corrected chi connectivity index (χ2v) is 12.3. The lowest BCUT2D eigenvalue weighted by Gasteiger charge is -2.42. The Morgan fingerprint density at radius 3 is 2.67 bits per heavy atom. The molecule has 0 saturated carbocycles. The van der Waals surface area contributed by atoms with E-state index in [1.807, 2.05) is 52.3 Å². The van der Waals surface area contributed by atoms with Crippen molar-refractivity contribution in [3.05, 3.63) is 59.9 Å². The van der Waals surface area contributed by atoms with Crippen LogP contribution in [0.5, 0.6) is 5.75 Å². The van der Waals surface area contributed by atoms with E-state index in [2.05, 4.69) is 17.6 Å². The number of aromatic nitrogens is 2. The van der Waals surface area contributed by atoms with Crippen molar-refractivity contribution in [2.24, 2.45) is 5.41 Å². The number of aryl methyl sites for hydroxylation is 2. The third-order valence-electron chi connectivity index (χ3n) is 9.63. The number of para-hydroxylation sites is 3. The zero-order chi connectivity index (χ0) is 28.9. The molecule has 224 valence electrons. The van der Waals surface area contributed by atoms with Crippen LogP contribution in [0.2, 0.25) is 0 Å². The molecule has 42 heavy (non-hydrogen) atoms. The van der Waals surface area contributed by atoms with Gasteiger partial charge in [-0.2, -0.15) is 0 Å². The number of rotatable bonds is 4. The molecule has 2 amide bonds. The van der Waals surface area contributed by atoms with Crippen molar-refractivity contribution >= 4 is 22.8 Å². The summed E-state index contributed by atoms with van der Waals surface area (Å²) < 4.78 is 14.8. The molecule has 4 heterocycles. The Morgan fingerprint density at radius 2 is 1.81 bits per heavy atom. The van der Waals surface area contributed by atoms with Crippen molar-refractivity contribution in [1.82, 2.24) is 19.4 Å². The molecule has 3 aliphatic heterocycles. The van der Waals surface area contributed by atoms with Crippen molar-refractivity contribution in [3.8, 4) is 5.75 Å². The number of carbonyl (C=O) groups is 2. The SMILES string of the molecule is CCn1c(CCC(=O)N2CCC3(CCCCOC[C@@H]4CCCN4C(=O)c4ccccc4OC3)CC2)nc2ccccc21. The third kappa shape index (κ3) is 6.05. The molecule has 6 rings (SSSR count). The highest BCUT2D eigenvalue weighted by molar-refractivity contribution is 5.97. The van der Waals surface area contributed by atoms with Crippen molar-refractivity contribution in [3.63, 3.8) is 0 Å². The van der Waals surface area contributed by atoms with E-state index in [4.69, 9.17) is 14.5 Å². The maximum absolute atomic E-state index is 13.6. The minimum atomic E-state index is -0.0244. The Morgan fingerprint density at radius 1 is 1.00 bits per heavy atom. The van der Waals surface area contributed by atoms with Gasteiger partial charge in [-0.05, 0) is 69.7 Å². The number of ether oxygens (including phenoxy) is 2. The molecule has 2 fully saturated rings. The molecule has 1 atom stereocenters. The predicted octanol–water partition coefficient (Wildman–Crippen LogP) is 5.48. The zero-order valence-corrected chi connectivity index (χ0v) is 24.9. The van der Waals surface area contributed by atoms with Gasteiger partial charge in [0.15, 0.2) is 0 Å². The first-order chi connectivity index (χ1) is 20.6. The van der Waals surface area contributed by atoms with Crippen LogP contribution in [0, 0.1) is 5.41 Å². The van der Waals surface area contributed by atoms with Gasteiger partial charge in [0.05, 0.1) is 35.9 Å². The fraction of sp³-hybridized carbons (Fsp3) is 0.559. The Bertz CT molecular complexity index is 1390. The number of hydrogen-bond donors (Lipinski definition) is 0. The molecule has 0 N–H and O–H groups in total. The molecule has 8 nitrogen and oxygen atoms in total. The van der Waals surface area contributed by atoms with Crippen molar-refractivity contribution in [1.29, 1.82) is 0 Å². The number of piperidine rings is 1. The number of hydrogen-bond acceptors (Lipinski definition) is 5. The number of likely N-dealkylation sites (tertiary alicyclic amines) is 1. The van der Waals surface area contributed by atoms with Gasteiger partial charge in [0.2, 0.25) is 5.91 Å². The fourth-order valence-electron chi connectivity index (χ4n) is 7.10. The lowest BCUT2D eigenvalue weighted by Crippen LogP contribution is -2.46. The highest BCUT2D eigenvalue weighted by atomic mass is 16.5. The van der Waals surface area contributed by atoms with Crippen LogP contribution >= 0.6 is 0 Å². The summed E-state index contributed by atoms with van der Waals surface area (Å²) in [5.41, 5.74) is 2.74. The van der Waals surface area contributed by atoms with Gasteiger partial charge in [-0.3, -0.25) is 9.59 Å². The van der Waals surface area contributed by atoms with Gasteiger partial charge in [0.1, 0.15) is 11.6 Å². The average Bonchev–Trinajstić information content (AvgIpc) is 3.64. The maximum atomic E-state index is 13.6. The molecule has 1 spiro atoms. The van der Waals surface area contributed by atoms with Gasteiger partial charge in [0.25, 0.3) is 5.91 Å². The van der Waals surface area contributed by atoms with Crippen LogP contribution in [-0.2, 0) is 22.5 Å². The standard InChI is InChI=1S/C34H44N4O4/c1-2-37-29-13-5-4-12-28(29)35-31(37)15-16-32(39)36-21-18-34(19-22-36)17-7-8-23-41-24-26-10-9-20-38(26)33(40)27-11-3-6-14-30(27)42-25-34/h3-6,11-14,26H,2,7-10,15-25H2,1H3/t26-/m0/s1. The van der Waals surface area contributed by atoms with Gasteiger partial charge in [-0.15, -0.1) is 0 Å². The molecular weight excluding hydrogens is 528 g/mol. The Kier molecular flexibility index (Phi) is 8.79. The summed E-state index contributed by atoms with van der Waals surface area (Å²) in [6.07, 6.45) is 8.02. The second-order valence-electron chi connectivity index (χ2n) is 12.3. The Labute approximate surface area is 249 Å². The summed E-state index contributed by atoms with van der Waals surface area (Å²) in [5, 5.41) is 0. The molecule has 3 aromatic rings. The molecule has 3 aliphatic rings. The smallest absolute Gasteiger partial charge is 0.257 e. The van der Waals surface area contributed by atoms with Gasteiger partial charge in [-0.25, -0.2) is 4.98 Å². The van der Waals surface area contributed by atoms with E-state index in [1.165, 1.54) is 0 Å². The number of benzene rings is 2. The molecule has 0 bridgehead atoms. The van der Waals surface area contributed by atoms with E-state index < -0.39 is 0 Å². The monoisotopic (exact) mass is 572 g/mol. The van der Waals surface area contributed by atoms with E-state index in [1.54, 1.807) is 0 Å². The minimum absolute atomic E-state index is 0.0244. The van der Waals surface area contributed by atoms with E-state index in [9.17, 15) is 9.59 Å². The summed E-state index contributed by atoms with van der Waals surface area (Å²) in [7, 11) is 0. The predicted molar refractivity (Wildman–Crippen MR) is 163 cm³/mol. The van der Waals surface area contributed by atoms with Gasteiger partial charge >= 0.3 is 0 Å². The molecule has 0 radical (unpaired) electrons. The van der Waals surface area contributed by atoms with Crippen LogP contribution in [0.15, 0.2) is 48.5 Å². The molecule has 1 aromatic heterocycles. The van der Waals surface area contributed by atoms with Gasteiger partial charge in [-0.1, -0.05) is 30.7 Å². The maximum Gasteiger partial charge on any atom is 0.257 e. The normalized spacial score (nSPS) is 21.5. The van der Waals surface area contributed by atoms with Gasteiger partial charge in [0, 0.05) is 51.0 Å². The second kappa shape index (κ2) is 12.9. The van der Waals surface area contributed by atoms with E-state index in [0.717, 1.165) is 94.6 Å². The highest BCUT2D eigenvalue weighted by Gasteiger charge is 2.37. The van der Waals surface area contributed by atoms with E-state index in [-0.39, 0.29) is 23.3 Å². The summed E-state index contributed by atoms with van der Waals surface area (Å²) in [6.45, 7) is 7.09. The quantitative estimate of drug-likeness (QED) is 0.414. The molecule has 0 aliphatic carbocycles. The largest absolute Gasteiger partial charge is 0.492 e. The number of amides is 2. The summed E-state index contributed by atoms with van der Waals surface area (Å²) in [4.78, 5) is 35.7. The van der Waals surface area contributed by atoms with E-state index >= 15 is 0 Å².